The van der Waals surface area contributed by atoms with Crippen LogP contribution < -0.4 is 5.32 Å². The molecule has 1 aromatic rings. The first-order chi connectivity index (χ1) is 9.73. The first-order valence-corrected chi connectivity index (χ1v) is 7.35. The van der Waals surface area contributed by atoms with Crippen molar-refractivity contribution < 1.29 is 9.18 Å². The van der Waals surface area contributed by atoms with E-state index in [1.165, 1.54) is 5.57 Å². The average molecular weight is 269 g/mol. The van der Waals surface area contributed by atoms with Gasteiger partial charge in [0.1, 0.15) is 0 Å². The molecular weight excluding hydrogens is 253 g/mol. The molecule has 0 aromatic heterocycles. The zero-order valence-electron chi connectivity index (χ0n) is 11.1. The van der Waals surface area contributed by atoms with E-state index in [-0.39, 0.29) is 23.4 Å². The zero-order valence-corrected chi connectivity index (χ0v) is 11.1. The fourth-order valence-corrected chi connectivity index (χ4v) is 5.47. The van der Waals surface area contributed by atoms with Gasteiger partial charge in [-0.1, -0.05) is 29.8 Å². The normalized spacial score (nSPS) is 44.9. The molecule has 0 radical (unpaired) electrons. The maximum atomic E-state index is 13.1. The summed E-state index contributed by atoms with van der Waals surface area (Å²) in [5, 5.41) is 3.08. The second-order valence-electron chi connectivity index (χ2n) is 6.86. The van der Waals surface area contributed by atoms with Gasteiger partial charge in [-0.2, -0.15) is 0 Å². The molecule has 5 unspecified atom stereocenters. The van der Waals surface area contributed by atoms with Gasteiger partial charge in [-0.05, 0) is 36.3 Å². The Morgan fingerprint density at radius 2 is 2.15 bits per heavy atom. The van der Waals surface area contributed by atoms with Crippen LogP contribution in [0.5, 0.6) is 0 Å². The number of rotatable bonds is 4. The number of nitrogens with one attached hydrogen (secondary N) is 1. The Morgan fingerprint density at radius 1 is 1.35 bits per heavy atom. The third kappa shape index (κ3) is 0.904. The number of amides is 1. The van der Waals surface area contributed by atoms with E-state index in [1.54, 1.807) is 0 Å². The predicted octanol–water partition coefficient (Wildman–Crippen LogP) is 2.58. The Labute approximate surface area is 117 Å². The number of alkyl halides is 1. The molecule has 0 saturated heterocycles. The number of benzene rings is 1. The van der Waals surface area contributed by atoms with Crippen LogP contribution in [0.4, 0.5) is 4.39 Å². The van der Waals surface area contributed by atoms with E-state index in [4.69, 9.17) is 0 Å². The van der Waals surface area contributed by atoms with Crippen LogP contribution >= 0.6 is 0 Å². The lowest BCUT2D eigenvalue weighted by molar-refractivity contribution is -0.323. The van der Waals surface area contributed by atoms with E-state index in [0.29, 0.717) is 23.3 Å². The lowest BCUT2D eigenvalue weighted by Gasteiger charge is -2.89. The van der Waals surface area contributed by atoms with Crippen LogP contribution in [0.25, 0.3) is 0 Å². The quantitative estimate of drug-likeness (QED) is 0.836. The lowest BCUT2D eigenvalue weighted by atomic mass is 9.14. The number of carbonyl (C=O) groups is 1. The fraction of sp³-hybridized carbons (Fsp3) is 0.471. The number of hydrogen-bond acceptors (Lipinski definition) is 1. The summed E-state index contributed by atoms with van der Waals surface area (Å²) in [7, 11) is 0. The molecule has 3 heteroatoms. The second kappa shape index (κ2) is 3.16. The minimum atomic E-state index is -0.186. The fourth-order valence-electron chi connectivity index (χ4n) is 5.47. The summed E-state index contributed by atoms with van der Waals surface area (Å²) in [6.45, 7) is 0.543. The van der Waals surface area contributed by atoms with Gasteiger partial charge in [0.05, 0.1) is 6.67 Å². The minimum Gasteiger partial charge on any atom is -0.351 e. The topological polar surface area (TPSA) is 29.1 Å². The Bertz CT molecular complexity index is 654. The molecule has 102 valence electrons. The zero-order chi connectivity index (χ0) is 13.5. The number of allylic oxidation sites excluding steroid dienone is 1. The number of carbonyl (C=O) groups excluding carboxylic acids is 1. The highest BCUT2D eigenvalue weighted by Gasteiger charge is 2.88. The third-order valence-corrected chi connectivity index (χ3v) is 6.45. The van der Waals surface area contributed by atoms with Gasteiger partial charge in [0.2, 0.25) is 0 Å². The van der Waals surface area contributed by atoms with Gasteiger partial charge in [0, 0.05) is 22.9 Å². The minimum absolute atomic E-state index is 0.00266. The SMILES string of the molecule is O=C(NCC12CC3C1C1C2=CC31CF)c1ccccc1. The lowest BCUT2D eigenvalue weighted by Crippen LogP contribution is -2.87. The Morgan fingerprint density at radius 3 is 2.70 bits per heavy atom. The number of fused-ring (bicyclic) bond motifs is 2. The Balaban J connectivity index is 1.31. The van der Waals surface area contributed by atoms with Gasteiger partial charge in [-0.15, -0.1) is 0 Å². The van der Waals surface area contributed by atoms with Crippen LogP contribution in [0.1, 0.15) is 16.8 Å². The summed E-state index contributed by atoms with van der Waals surface area (Å²) in [6.07, 6.45) is 3.26. The van der Waals surface area contributed by atoms with Gasteiger partial charge in [0.25, 0.3) is 5.91 Å². The molecule has 1 N–H and O–H groups in total. The molecule has 4 aliphatic carbocycles. The first-order valence-electron chi connectivity index (χ1n) is 7.35. The van der Waals surface area contributed by atoms with E-state index in [0.717, 1.165) is 13.0 Å². The molecule has 3 fully saturated rings. The molecule has 0 spiro atoms. The molecule has 1 aromatic carbocycles. The van der Waals surface area contributed by atoms with E-state index in [2.05, 4.69) is 11.4 Å². The van der Waals surface area contributed by atoms with Crippen molar-refractivity contribution in [3.63, 3.8) is 0 Å². The predicted molar refractivity (Wildman–Crippen MR) is 72.8 cm³/mol. The Hall–Kier alpha value is -1.64. The summed E-state index contributed by atoms with van der Waals surface area (Å²) in [5.74, 6) is 1.75. The van der Waals surface area contributed by atoms with Crippen molar-refractivity contribution in [1.29, 1.82) is 0 Å². The van der Waals surface area contributed by atoms with E-state index in [9.17, 15) is 9.18 Å². The summed E-state index contributed by atoms with van der Waals surface area (Å²) in [6, 6.07) is 9.33. The van der Waals surface area contributed by atoms with Crippen LogP contribution in [0, 0.1) is 28.6 Å². The van der Waals surface area contributed by atoms with Crippen LogP contribution in [0.3, 0.4) is 0 Å². The molecular formula is C17H16FNO. The van der Waals surface area contributed by atoms with Crippen molar-refractivity contribution >= 4 is 5.91 Å². The molecule has 1 amide bonds. The molecule has 20 heavy (non-hydrogen) atoms. The summed E-state index contributed by atoms with van der Waals surface area (Å²) >= 11 is 0. The Kier molecular flexibility index (Phi) is 1.75. The van der Waals surface area contributed by atoms with Gasteiger partial charge in [-0.25, -0.2) is 0 Å². The van der Waals surface area contributed by atoms with Gasteiger partial charge in [0.15, 0.2) is 0 Å². The van der Waals surface area contributed by atoms with Crippen molar-refractivity contribution in [3.05, 3.63) is 47.5 Å². The van der Waals surface area contributed by atoms with Crippen molar-refractivity contribution in [3.8, 4) is 0 Å². The molecule has 0 aliphatic heterocycles. The largest absolute Gasteiger partial charge is 0.351 e. The van der Waals surface area contributed by atoms with E-state index >= 15 is 0 Å². The summed E-state index contributed by atoms with van der Waals surface area (Å²) in [5.41, 5.74) is 2.29. The first kappa shape index (κ1) is 11.1. The van der Waals surface area contributed by atoms with Crippen LogP contribution in [0.2, 0.25) is 0 Å². The summed E-state index contributed by atoms with van der Waals surface area (Å²) < 4.78 is 13.1. The maximum absolute atomic E-state index is 13.1. The van der Waals surface area contributed by atoms with Crippen molar-refractivity contribution in [2.45, 2.75) is 6.42 Å². The molecule has 0 heterocycles. The summed E-state index contributed by atoms with van der Waals surface area (Å²) in [4.78, 5) is 12.1. The number of hydrogen-bond donors (Lipinski definition) is 1. The maximum Gasteiger partial charge on any atom is 0.251 e. The average Bonchev–Trinajstić information content (AvgIpc) is 2.50. The highest BCUT2D eigenvalue weighted by molar-refractivity contribution is 5.94. The van der Waals surface area contributed by atoms with Gasteiger partial charge >= 0.3 is 0 Å². The highest BCUT2D eigenvalue weighted by atomic mass is 19.1. The monoisotopic (exact) mass is 269 g/mol. The van der Waals surface area contributed by atoms with Crippen molar-refractivity contribution in [2.24, 2.45) is 28.6 Å². The van der Waals surface area contributed by atoms with Crippen molar-refractivity contribution in [2.75, 3.05) is 13.2 Å². The molecule has 2 nitrogen and oxygen atoms in total. The molecule has 5 rings (SSSR count). The molecule has 5 atom stereocenters. The van der Waals surface area contributed by atoms with Crippen LogP contribution in [0.15, 0.2) is 42.0 Å². The third-order valence-electron chi connectivity index (χ3n) is 6.45. The smallest absolute Gasteiger partial charge is 0.251 e. The number of halogens is 1. The standard InChI is InChI=1S/C17H16FNO/c18-8-16-6-12-13(16)14-11(16)7-17(12,14)9-19-15(20)10-4-2-1-3-5-10/h1-6,11,13-14H,7-9H2,(H,19,20). The molecule has 3 saturated carbocycles. The van der Waals surface area contributed by atoms with Crippen molar-refractivity contribution in [1.82, 2.24) is 5.32 Å². The highest BCUT2D eigenvalue weighted by Crippen LogP contribution is 2.91. The van der Waals surface area contributed by atoms with Gasteiger partial charge < -0.3 is 5.32 Å². The van der Waals surface area contributed by atoms with E-state index < -0.39 is 0 Å². The van der Waals surface area contributed by atoms with Crippen LogP contribution in [-0.2, 0) is 0 Å². The molecule has 4 aliphatic rings. The van der Waals surface area contributed by atoms with E-state index in [1.807, 2.05) is 30.3 Å². The second-order valence-corrected chi connectivity index (χ2v) is 6.86. The molecule has 0 bridgehead atoms. The van der Waals surface area contributed by atoms with Crippen LogP contribution in [-0.4, -0.2) is 19.1 Å². The van der Waals surface area contributed by atoms with Gasteiger partial charge in [-0.3, -0.25) is 9.18 Å².